The van der Waals surface area contributed by atoms with Crippen molar-refractivity contribution in [3.63, 3.8) is 0 Å². The number of amides is 2. The Labute approximate surface area is 143 Å². The second kappa shape index (κ2) is 8.14. The van der Waals surface area contributed by atoms with Gasteiger partial charge in [0.1, 0.15) is 6.54 Å². The van der Waals surface area contributed by atoms with Crippen molar-refractivity contribution in [2.24, 2.45) is 5.92 Å². The summed E-state index contributed by atoms with van der Waals surface area (Å²) in [6.07, 6.45) is 1.04. The Balaban J connectivity index is 2.98. The summed E-state index contributed by atoms with van der Waals surface area (Å²) >= 11 is 0. The molecule has 0 aromatic heterocycles. The topological polar surface area (TPSA) is 86.8 Å². The number of hydrogen-bond donors (Lipinski definition) is 1. The van der Waals surface area contributed by atoms with Gasteiger partial charge in [-0.3, -0.25) is 13.9 Å². The number of sulfonamides is 1. The number of benzene rings is 1. The molecule has 0 aliphatic carbocycles. The molecule has 0 bridgehead atoms. The monoisotopic (exact) mass is 355 g/mol. The van der Waals surface area contributed by atoms with Crippen molar-refractivity contribution in [1.82, 2.24) is 10.2 Å². The minimum atomic E-state index is -3.62. The Morgan fingerprint density at radius 1 is 1.12 bits per heavy atom. The fraction of sp³-hybridized carbons (Fsp3) is 0.500. The van der Waals surface area contributed by atoms with Crippen LogP contribution in [0.5, 0.6) is 0 Å². The summed E-state index contributed by atoms with van der Waals surface area (Å²) < 4.78 is 25.0. The number of anilines is 1. The van der Waals surface area contributed by atoms with E-state index in [0.717, 1.165) is 10.6 Å². The van der Waals surface area contributed by atoms with Crippen molar-refractivity contribution in [3.8, 4) is 0 Å². The maximum atomic E-state index is 12.0. The summed E-state index contributed by atoms with van der Waals surface area (Å²) in [7, 11) is -0.350. The van der Waals surface area contributed by atoms with Crippen molar-refractivity contribution in [2.45, 2.75) is 13.8 Å². The van der Waals surface area contributed by atoms with E-state index in [1.54, 1.807) is 26.2 Å². The summed E-state index contributed by atoms with van der Waals surface area (Å²) in [6, 6.07) is 6.13. The smallest absolute Gasteiger partial charge is 0.253 e. The molecule has 0 radical (unpaired) electrons. The molecule has 0 unspecified atom stereocenters. The van der Waals surface area contributed by atoms with Gasteiger partial charge < -0.3 is 10.2 Å². The Morgan fingerprint density at radius 2 is 1.67 bits per heavy atom. The van der Waals surface area contributed by atoms with E-state index in [2.05, 4.69) is 5.32 Å². The predicted octanol–water partition coefficient (Wildman–Crippen LogP) is 0.927. The third-order valence-corrected chi connectivity index (χ3v) is 4.34. The Morgan fingerprint density at radius 3 is 2.08 bits per heavy atom. The molecule has 0 atom stereocenters. The summed E-state index contributed by atoms with van der Waals surface area (Å²) in [4.78, 5) is 25.3. The van der Waals surface area contributed by atoms with Gasteiger partial charge in [0.25, 0.3) is 5.91 Å². The van der Waals surface area contributed by atoms with E-state index in [0.29, 0.717) is 17.8 Å². The van der Waals surface area contributed by atoms with Gasteiger partial charge in [0, 0.05) is 26.2 Å². The van der Waals surface area contributed by atoms with Gasteiger partial charge in [0.05, 0.1) is 11.9 Å². The van der Waals surface area contributed by atoms with Crippen molar-refractivity contribution < 1.29 is 18.0 Å². The van der Waals surface area contributed by atoms with E-state index < -0.39 is 10.0 Å². The first-order chi connectivity index (χ1) is 11.0. The number of nitrogens with one attached hydrogen (secondary N) is 1. The van der Waals surface area contributed by atoms with E-state index in [1.807, 2.05) is 13.8 Å². The van der Waals surface area contributed by atoms with Gasteiger partial charge in [0.2, 0.25) is 15.9 Å². The lowest BCUT2D eigenvalue weighted by Gasteiger charge is -2.22. The molecule has 0 aliphatic heterocycles. The molecule has 0 saturated heterocycles. The fourth-order valence-electron chi connectivity index (χ4n) is 1.93. The Hall–Kier alpha value is -2.09. The number of carbonyl (C=O) groups excluding carboxylic acids is 2. The van der Waals surface area contributed by atoms with Crippen LogP contribution in [0.2, 0.25) is 0 Å². The van der Waals surface area contributed by atoms with Crippen LogP contribution in [0.4, 0.5) is 5.69 Å². The number of hydrogen-bond acceptors (Lipinski definition) is 4. The Bertz CT molecular complexity index is 682. The van der Waals surface area contributed by atoms with Crippen molar-refractivity contribution >= 4 is 27.5 Å². The zero-order valence-corrected chi connectivity index (χ0v) is 15.6. The summed E-state index contributed by atoms with van der Waals surface area (Å²) in [6.45, 7) is 4.09. The van der Waals surface area contributed by atoms with E-state index in [9.17, 15) is 18.0 Å². The van der Waals surface area contributed by atoms with E-state index in [4.69, 9.17) is 0 Å². The SMILES string of the molecule is CC(C)CNC(=O)CN(c1ccc(C(=O)N(C)C)cc1)S(C)(=O)=O. The molecule has 0 saturated carbocycles. The summed E-state index contributed by atoms with van der Waals surface area (Å²) in [5.74, 6) is -0.276. The minimum Gasteiger partial charge on any atom is -0.354 e. The second-order valence-corrected chi connectivity index (χ2v) is 8.12. The average Bonchev–Trinajstić information content (AvgIpc) is 2.49. The first-order valence-electron chi connectivity index (χ1n) is 7.58. The zero-order chi connectivity index (χ0) is 18.5. The lowest BCUT2D eigenvalue weighted by Crippen LogP contribution is -2.41. The molecule has 7 nitrogen and oxygen atoms in total. The van der Waals surface area contributed by atoms with E-state index >= 15 is 0 Å². The molecule has 0 heterocycles. The molecule has 8 heteroatoms. The number of nitrogens with zero attached hydrogens (tertiary/aromatic N) is 2. The quantitative estimate of drug-likeness (QED) is 0.788. The van der Waals surface area contributed by atoms with Crippen LogP contribution in [-0.4, -0.2) is 58.6 Å². The van der Waals surface area contributed by atoms with Gasteiger partial charge in [-0.2, -0.15) is 0 Å². The highest BCUT2D eigenvalue weighted by atomic mass is 32.2. The second-order valence-electron chi connectivity index (χ2n) is 6.21. The van der Waals surface area contributed by atoms with E-state index in [1.165, 1.54) is 17.0 Å². The van der Waals surface area contributed by atoms with Crippen molar-refractivity contribution in [1.29, 1.82) is 0 Å². The van der Waals surface area contributed by atoms with E-state index in [-0.39, 0.29) is 24.3 Å². The largest absolute Gasteiger partial charge is 0.354 e. The highest BCUT2D eigenvalue weighted by Gasteiger charge is 2.21. The minimum absolute atomic E-state index is 0.179. The molecule has 0 aliphatic rings. The molecule has 2 amide bonds. The fourth-order valence-corrected chi connectivity index (χ4v) is 2.79. The maximum Gasteiger partial charge on any atom is 0.253 e. The first-order valence-corrected chi connectivity index (χ1v) is 9.43. The average molecular weight is 355 g/mol. The highest BCUT2D eigenvalue weighted by Crippen LogP contribution is 2.18. The molecule has 0 spiro atoms. The molecular formula is C16H25N3O4S. The molecule has 0 fully saturated rings. The third-order valence-electron chi connectivity index (χ3n) is 3.20. The van der Waals surface area contributed by atoms with Crippen LogP contribution in [0, 0.1) is 5.92 Å². The molecule has 1 N–H and O–H groups in total. The van der Waals surface area contributed by atoms with Crippen LogP contribution >= 0.6 is 0 Å². The van der Waals surface area contributed by atoms with Gasteiger partial charge in [-0.25, -0.2) is 8.42 Å². The first kappa shape index (κ1) is 20.0. The lowest BCUT2D eigenvalue weighted by molar-refractivity contribution is -0.119. The lowest BCUT2D eigenvalue weighted by atomic mass is 10.2. The zero-order valence-electron chi connectivity index (χ0n) is 14.7. The molecule has 1 aromatic carbocycles. The molecule has 134 valence electrons. The van der Waals surface area contributed by atoms with Crippen LogP contribution in [0.25, 0.3) is 0 Å². The normalized spacial score (nSPS) is 11.2. The molecule has 1 aromatic rings. The summed E-state index contributed by atoms with van der Waals surface area (Å²) in [5, 5.41) is 2.69. The van der Waals surface area contributed by atoms with Gasteiger partial charge in [-0.15, -0.1) is 0 Å². The van der Waals surface area contributed by atoms with Crippen LogP contribution in [0.1, 0.15) is 24.2 Å². The van der Waals surface area contributed by atoms with Gasteiger partial charge in [-0.05, 0) is 30.2 Å². The summed E-state index contributed by atoms with van der Waals surface area (Å²) in [5.41, 5.74) is 0.786. The highest BCUT2D eigenvalue weighted by molar-refractivity contribution is 7.92. The van der Waals surface area contributed by atoms with Gasteiger partial charge >= 0.3 is 0 Å². The van der Waals surface area contributed by atoms with Gasteiger partial charge in [-0.1, -0.05) is 13.8 Å². The predicted molar refractivity (Wildman–Crippen MR) is 94.5 cm³/mol. The Kier molecular flexibility index (Phi) is 6.77. The van der Waals surface area contributed by atoms with Gasteiger partial charge in [0.15, 0.2) is 0 Å². The molecular weight excluding hydrogens is 330 g/mol. The van der Waals surface area contributed by atoms with Crippen LogP contribution in [0.3, 0.4) is 0 Å². The number of rotatable bonds is 7. The molecule has 1 rings (SSSR count). The van der Waals surface area contributed by atoms with Crippen molar-refractivity contribution in [2.75, 3.05) is 37.7 Å². The van der Waals surface area contributed by atoms with Crippen molar-refractivity contribution in [3.05, 3.63) is 29.8 Å². The van der Waals surface area contributed by atoms with Crippen LogP contribution in [-0.2, 0) is 14.8 Å². The third kappa shape index (κ3) is 5.84. The number of carbonyl (C=O) groups is 2. The maximum absolute atomic E-state index is 12.0. The standard InChI is InChI=1S/C16H25N3O4S/c1-12(2)10-17-15(20)11-19(24(5,22)23)14-8-6-13(7-9-14)16(21)18(3)4/h6-9,12H,10-11H2,1-5H3,(H,17,20). The van der Waals surface area contributed by atoms with Crippen LogP contribution in [0.15, 0.2) is 24.3 Å². The molecule has 24 heavy (non-hydrogen) atoms. The van der Waals surface area contributed by atoms with Crippen LogP contribution < -0.4 is 9.62 Å².